The van der Waals surface area contributed by atoms with Gasteiger partial charge in [-0.15, -0.1) is 0 Å². The van der Waals surface area contributed by atoms with Crippen molar-refractivity contribution >= 4 is 18.0 Å². The zero-order chi connectivity index (χ0) is 30.3. The number of esters is 2. The molecule has 0 heterocycles. The Morgan fingerprint density at radius 2 is 1.40 bits per heavy atom. The molecule has 3 aromatic carbocycles. The van der Waals surface area contributed by atoms with Crippen LogP contribution in [-0.4, -0.2) is 32.3 Å². The standard InChI is InChI=1S/C36H38O6/c1-26(2)36(38)41-23-9-7-6-8-22-40-33-19-14-29(15-20-33)10-11-31-24-27(3)35(28(4)25-31)42-34(37)21-16-30-12-17-32(39-5)18-13-30/h12-21,24-25H,1,6-9,22-23H2,2-5H3/b21-16+. The van der Waals surface area contributed by atoms with Gasteiger partial charge in [-0.1, -0.05) is 30.6 Å². The van der Waals surface area contributed by atoms with Crippen LogP contribution in [0, 0.1) is 25.7 Å². The first kappa shape index (κ1) is 31.8. The number of methoxy groups -OCH3 is 1. The normalized spacial score (nSPS) is 10.5. The Hall–Kier alpha value is -4.76. The Morgan fingerprint density at radius 3 is 2.02 bits per heavy atom. The summed E-state index contributed by atoms with van der Waals surface area (Å²) < 4.78 is 21.7. The van der Waals surface area contributed by atoms with Gasteiger partial charge in [0.25, 0.3) is 0 Å². The molecule has 0 amide bonds. The van der Waals surface area contributed by atoms with Crippen molar-refractivity contribution < 1.29 is 28.5 Å². The number of unbranched alkanes of at least 4 members (excludes halogenated alkanes) is 3. The SMILES string of the molecule is C=C(C)C(=O)OCCCCCCOc1ccc(C#Cc2cc(C)c(OC(=O)/C=C/c3ccc(OC)cc3)c(C)c2)cc1. The molecule has 3 aromatic rings. The van der Waals surface area contributed by atoms with Gasteiger partial charge < -0.3 is 18.9 Å². The van der Waals surface area contributed by atoms with E-state index in [4.69, 9.17) is 18.9 Å². The van der Waals surface area contributed by atoms with Gasteiger partial charge in [-0.3, -0.25) is 0 Å². The number of ether oxygens (including phenoxy) is 4. The molecule has 6 nitrogen and oxygen atoms in total. The molecular weight excluding hydrogens is 528 g/mol. The summed E-state index contributed by atoms with van der Waals surface area (Å²) in [4.78, 5) is 23.8. The minimum Gasteiger partial charge on any atom is -0.497 e. The predicted octanol–water partition coefficient (Wildman–Crippen LogP) is 7.39. The minimum absolute atomic E-state index is 0.331. The summed E-state index contributed by atoms with van der Waals surface area (Å²) in [6, 6.07) is 18.9. The van der Waals surface area contributed by atoms with Gasteiger partial charge in [0.2, 0.25) is 0 Å². The van der Waals surface area contributed by atoms with Crippen molar-refractivity contribution in [2.75, 3.05) is 20.3 Å². The van der Waals surface area contributed by atoms with Crippen molar-refractivity contribution in [3.8, 4) is 29.1 Å². The van der Waals surface area contributed by atoms with Gasteiger partial charge in [0, 0.05) is 22.8 Å². The van der Waals surface area contributed by atoms with E-state index in [2.05, 4.69) is 18.4 Å². The zero-order valence-electron chi connectivity index (χ0n) is 24.8. The maximum Gasteiger partial charge on any atom is 0.336 e. The summed E-state index contributed by atoms with van der Waals surface area (Å²) in [5.41, 5.74) is 4.69. The van der Waals surface area contributed by atoms with Gasteiger partial charge in [-0.05, 0) is 118 Å². The van der Waals surface area contributed by atoms with Gasteiger partial charge in [-0.25, -0.2) is 9.59 Å². The molecule has 0 spiro atoms. The quantitative estimate of drug-likeness (QED) is 0.0706. The van der Waals surface area contributed by atoms with Crippen LogP contribution in [0.1, 0.15) is 60.4 Å². The summed E-state index contributed by atoms with van der Waals surface area (Å²) in [5.74, 6) is 7.70. The van der Waals surface area contributed by atoms with Crippen molar-refractivity contribution in [3.05, 3.63) is 107 Å². The molecule has 42 heavy (non-hydrogen) atoms. The van der Waals surface area contributed by atoms with Crippen molar-refractivity contribution in [3.63, 3.8) is 0 Å². The molecule has 218 valence electrons. The molecule has 0 N–H and O–H groups in total. The Morgan fingerprint density at radius 1 is 0.810 bits per heavy atom. The summed E-state index contributed by atoms with van der Waals surface area (Å²) in [6.07, 6.45) is 6.87. The summed E-state index contributed by atoms with van der Waals surface area (Å²) in [5, 5.41) is 0. The summed E-state index contributed by atoms with van der Waals surface area (Å²) in [7, 11) is 1.61. The van der Waals surface area contributed by atoms with Crippen molar-refractivity contribution in [2.24, 2.45) is 0 Å². The van der Waals surface area contributed by atoms with E-state index in [1.54, 1.807) is 20.1 Å². The first-order valence-electron chi connectivity index (χ1n) is 14.0. The highest BCUT2D eigenvalue weighted by Gasteiger charge is 2.09. The molecule has 0 unspecified atom stereocenters. The molecule has 0 bridgehead atoms. The van der Waals surface area contributed by atoms with E-state index < -0.39 is 5.97 Å². The average molecular weight is 567 g/mol. The van der Waals surface area contributed by atoms with E-state index in [1.807, 2.05) is 74.5 Å². The van der Waals surface area contributed by atoms with Crippen LogP contribution in [0.3, 0.4) is 0 Å². The van der Waals surface area contributed by atoms with Gasteiger partial charge in [-0.2, -0.15) is 0 Å². The molecule has 6 heteroatoms. The molecule has 0 fully saturated rings. The second-order valence-corrected chi connectivity index (χ2v) is 9.92. The fourth-order valence-corrected chi connectivity index (χ4v) is 4.01. The highest BCUT2D eigenvalue weighted by molar-refractivity contribution is 5.89. The molecule has 0 aliphatic heterocycles. The second-order valence-electron chi connectivity index (χ2n) is 9.92. The summed E-state index contributed by atoms with van der Waals surface area (Å²) in [6.45, 7) is 10.1. The molecule has 0 saturated heterocycles. The number of aryl methyl sites for hydroxylation is 2. The van der Waals surface area contributed by atoms with Crippen molar-refractivity contribution in [2.45, 2.75) is 46.5 Å². The smallest absolute Gasteiger partial charge is 0.336 e. The zero-order valence-corrected chi connectivity index (χ0v) is 24.8. The number of carbonyl (C=O) groups excluding carboxylic acids is 2. The van der Waals surface area contributed by atoms with Gasteiger partial charge in [0.1, 0.15) is 17.2 Å². The van der Waals surface area contributed by atoms with Crippen molar-refractivity contribution in [1.82, 2.24) is 0 Å². The van der Waals surface area contributed by atoms with E-state index in [1.165, 1.54) is 6.08 Å². The first-order chi connectivity index (χ1) is 20.2. The van der Waals surface area contributed by atoms with E-state index in [0.29, 0.717) is 24.5 Å². The van der Waals surface area contributed by atoms with Crippen molar-refractivity contribution in [1.29, 1.82) is 0 Å². The highest BCUT2D eigenvalue weighted by Crippen LogP contribution is 2.25. The van der Waals surface area contributed by atoms with Crippen LogP contribution >= 0.6 is 0 Å². The summed E-state index contributed by atoms with van der Waals surface area (Å²) >= 11 is 0. The number of hydrogen-bond donors (Lipinski definition) is 0. The lowest BCUT2D eigenvalue weighted by molar-refractivity contribution is -0.139. The van der Waals surface area contributed by atoms with Crippen LogP contribution in [0.15, 0.2) is 78.9 Å². The van der Waals surface area contributed by atoms with Gasteiger partial charge >= 0.3 is 11.9 Å². The Balaban J connectivity index is 1.45. The van der Waals surface area contributed by atoms with E-state index in [0.717, 1.165) is 65.0 Å². The van der Waals surface area contributed by atoms with Crippen LogP contribution in [0.2, 0.25) is 0 Å². The van der Waals surface area contributed by atoms with Crippen LogP contribution in [0.5, 0.6) is 17.2 Å². The third-order valence-electron chi connectivity index (χ3n) is 6.29. The minimum atomic E-state index is -0.445. The van der Waals surface area contributed by atoms with Crippen LogP contribution in [-0.2, 0) is 14.3 Å². The maximum absolute atomic E-state index is 12.4. The number of benzene rings is 3. The monoisotopic (exact) mass is 566 g/mol. The third kappa shape index (κ3) is 10.7. The predicted molar refractivity (Wildman–Crippen MR) is 166 cm³/mol. The Labute approximate surface area is 249 Å². The molecule has 0 radical (unpaired) electrons. The van der Waals surface area contributed by atoms with Crippen LogP contribution < -0.4 is 14.2 Å². The topological polar surface area (TPSA) is 71.1 Å². The molecule has 0 saturated carbocycles. The second kappa shape index (κ2) is 16.5. The molecule has 0 aliphatic carbocycles. The van der Waals surface area contributed by atoms with E-state index >= 15 is 0 Å². The Bertz CT molecular complexity index is 1430. The third-order valence-corrected chi connectivity index (χ3v) is 6.29. The number of hydrogen-bond acceptors (Lipinski definition) is 6. The number of rotatable bonds is 13. The molecule has 0 aliphatic rings. The largest absolute Gasteiger partial charge is 0.497 e. The first-order valence-corrected chi connectivity index (χ1v) is 14.0. The van der Waals surface area contributed by atoms with Gasteiger partial charge in [0.05, 0.1) is 20.3 Å². The molecule has 0 aromatic heterocycles. The fraction of sp³-hybridized carbons (Fsp3) is 0.278. The molecule has 3 rings (SSSR count). The fourth-order valence-electron chi connectivity index (χ4n) is 4.01. The number of carbonyl (C=O) groups is 2. The lowest BCUT2D eigenvalue weighted by Gasteiger charge is -2.10. The van der Waals surface area contributed by atoms with E-state index in [-0.39, 0.29) is 5.97 Å². The van der Waals surface area contributed by atoms with E-state index in [9.17, 15) is 9.59 Å². The Kier molecular flexibility index (Phi) is 12.5. The lowest BCUT2D eigenvalue weighted by atomic mass is 10.1. The van der Waals surface area contributed by atoms with Crippen LogP contribution in [0.25, 0.3) is 6.08 Å². The van der Waals surface area contributed by atoms with Crippen LogP contribution in [0.4, 0.5) is 0 Å². The highest BCUT2D eigenvalue weighted by atomic mass is 16.5. The maximum atomic E-state index is 12.4. The van der Waals surface area contributed by atoms with Gasteiger partial charge in [0.15, 0.2) is 0 Å². The lowest BCUT2D eigenvalue weighted by Crippen LogP contribution is -2.06. The molecular formula is C36H38O6. The average Bonchev–Trinajstić information content (AvgIpc) is 2.98. The molecule has 0 atom stereocenters.